The van der Waals surface area contributed by atoms with E-state index in [9.17, 15) is 35.9 Å². The van der Waals surface area contributed by atoms with Crippen LogP contribution in [0.25, 0.3) is 0 Å². The molecule has 0 aliphatic rings. The van der Waals surface area contributed by atoms with Crippen LogP contribution in [0, 0.1) is 12.7 Å². The molecule has 15 heteroatoms. The Morgan fingerprint density at radius 1 is 0.923 bits per heavy atom. The molecule has 1 amide bonds. The molecule has 2 aromatic carbocycles. The third-order valence-electron chi connectivity index (χ3n) is 4.97. The van der Waals surface area contributed by atoms with E-state index in [1.165, 1.54) is 6.92 Å². The molecular weight excluding hydrogens is 545 g/mol. The number of amides is 1. The molecule has 3 aromatic rings. The Kier molecular flexibility index (Phi) is 8.22. The minimum atomic E-state index is -5.20. The number of hydrogen-bond donors (Lipinski definition) is 1. The summed E-state index contributed by atoms with van der Waals surface area (Å²) < 4.78 is 112. The second-order valence-corrected chi connectivity index (χ2v) is 7.59. The largest absolute Gasteiger partial charge is 0.573 e. The summed E-state index contributed by atoms with van der Waals surface area (Å²) in [5.41, 5.74) is -3.09. The van der Waals surface area contributed by atoms with E-state index >= 15 is 4.39 Å². The Bertz CT molecular complexity index is 1410. The number of carbonyl (C=O) groups is 2. The monoisotopic (exact) mass is 562 g/mol. The molecule has 0 bridgehead atoms. The third kappa shape index (κ3) is 6.86. The van der Waals surface area contributed by atoms with Gasteiger partial charge in [0.25, 0.3) is 5.91 Å². The number of nitrogens with one attached hydrogen (secondary N) is 1. The maximum atomic E-state index is 15.2. The van der Waals surface area contributed by atoms with Crippen LogP contribution in [-0.2, 0) is 10.9 Å². The number of halogens is 7. The van der Waals surface area contributed by atoms with E-state index in [2.05, 4.69) is 19.8 Å². The first-order valence-electron chi connectivity index (χ1n) is 10.5. The summed E-state index contributed by atoms with van der Waals surface area (Å²) in [7, 11) is 2.12. The topological polar surface area (TPSA) is 96.0 Å². The van der Waals surface area contributed by atoms with Crippen molar-refractivity contribution in [2.24, 2.45) is 0 Å². The van der Waals surface area contributed by atoms with Gasteiger partial charge in [-0.15, -0.1) is 13.2 Å². The molecule has 3 rings (SSSR count). The van der Waals surface area contributed by atoms with Crippen molar-refractivity contribution >= 4 is 17.6 Å². The number of aryl methyl sites for hydroxylation is 1. The lowest BCUT2D eigenvalue weighted by atomic mass is 10.1. The fraction of sp³-hybridized carbons (Fsp3) is 0.208. The van der Waals surface area contributed by atoms with Crippen molar-refractivity contribution in [1.82, 2.24) is 4.98 Å². The third-order valence-corrected chi connectivity index (χ3v) is 4.97. The Labute approximate surface area is 215 Å². The highest BCUT2D eigenvalue weighted by molar-refractivity contribution is 6.07. The van der Waals surface area contributed by atoms with Crippen LogP contribution in [-0.4, -0.2) is 37.4 Å². The Hall–Kier alpha value is -4.56. The maximum absolute atomic E-state index is 15.2. The summed E-state index contributed by atoms with van der Waals surface area (Å²) in [4.78, 5) is 28.7. The fourth-order valence-electron chi connectivity index (χ4n) is 3.18. The number of ether oxygens (including phenoxy) is 4. The van der Waals surface area contributed by atoms with Gasteiger partial charge in [-0.25, -0.2) is 14.2 Å². The molecule has 1 heterocycles. The minimum Gasteiger partial charge on any atom is -0.493 e. The van der Waals surface area contributed by atoms with E-state index in [4.69, 9.17) is 9.47 Å². The van der Waals surface area contributed by atoms with E-state index in [1.807, 2.05) is 0 Å². The number of alkyl halides is 6. The molecule has 1 N–H and O–H groups in total. The molecule has 0 saturated carbocycles. The first-order chi connectivity index (χ1) is 18.1. The summed E-state index contributed by atoms with van der Waals surface area (Å²) in [6, 6.07) is 4.51. The summed E-state index contributed by atoms with van der Waals surface area (Å²) in [6.07, 6.45) is -9.07. The Morgan fingerprint density at radius 3 is 2.18 bits per heavy atom. The maximum Gasteiger partial charge on any atom is 0.573 e. The Morgan fingerprint density at radius 2 is 1.59 bits per heavy atom. The van der Waals surface area contributed by atoms with Crippen LogP contribution in [0.2, 0.25) is 0 Å². The molecule has 0 radical (unpaired) electrons. The molecule has 0 atom stereocenters. The van der Waals surface area contributed by atoms with Gasteiger partial charge in [0.05, 0.1) is 19.8 Å². The molecule has 0 saturated heterocycles. The second-order valence-electron chi connectivity index (χ2n) is 7.59. The number of nitrogens with zero attached hydrogens (tertiary/aromatic N) is 1. The first-order valence-corrected chi connectivity index (χ1v) is 10.5. The van der Waals surface area contributed by atoms with Crippen molar-refractivity contribution < 1.29 is 59.3 Å². The zero-order chi connectivity index (χ0) is 29.1. The van der Waals surface area contributed by atoms with Gasteiger partial charge in [-0.1, -0.05) is 0 Å². The number of methoxy groups -OCH3 is 2. The van der Waals surface area contributed by atoms with Crippen LogP contribution < -0.4 is 19.5 Å². The van der Waals surface area contributed by atoms with Gasteiger partial charge in [0.2, 0.25) is 0 Å². The van der Waals surface area contributed by atoms with Crippen molar-refractivity contribution in [1.29, 1.82) is 0 Å². The molecule has 0 aliphatic carbocycles. The van der Waals surface area contributed by atoms with Crippen LogP contribution in [0.5, 0.6) is 23.0 Å². The molecule has 0 aliphatic heterocycles. The van der Waals surface area contributed by atoms with Gasteiger partial charge >= 0.3 is 18.5 Å². The molecule has 8 nitrogen and oxygen atoms in total. The summed E-state index contributed by atoms with van der Waals surface area (Å²) in [5, 5.41) is 2.20. The number of anilines is 1. The standard InChI is InChI=1S/C24H17F7N2O6/c1-11-10-32-15(22(35)37-3)9-14(11)33-21(34)19-17(7-5-13(20(19)25)23(26,27)28)38-16-6-4-12(8-18(16)36-2)39-24(29,30)31/h4-10H,1-3H3,(H,32,33,34). The molecule has 0 fully saturated rings. The summed E-state index contributed by atoms with van der Waals surface area (Å²) in [5.74, 6) is -6.49. The van der Waals surface area contributed by atoms with Crippen molar-refractivity contribution in [2.75, 3.05) is 19.5 Å². The average molecular weight is 562 g/mol. The van der Waals surface area contributed by atoms with Crippen LogP contribution in [0.15, 0.2) is 42.6 Å². The number of carbonyl (C=O) groups excluding carboxylic acids is 2. The Balaban J connectivity index is 2.08. The zero-order valence-corrected chi connectivity index (χ0v) is 20.1. The number of benzene rings is 2. The summed E-state index contributed by atoms with van der Waals surface area (Å²) in [6.45, 7) is 1.44. The number of esters is 1. The predicted molar refractivity (Wildman–Crippen MR) is 119 cm³/mol. The summed E-state index contributed by atoms with van der Waals surface area (Å²) >= 11 is 0. The number of hydrogen-bond acceptors (Lipinski definition) is 7. The molecule has 0 spiro atoms. The van der Waals surface area contributed by atoms with E-state index < -0.39 is 52.9 Å². The lowest BCUT2D eigenvalue weighted by Gasteiger charge is -2.18. The van der Waals surface area contributed by atoms with Gasteiger partial charge in [0.15, 0.2) is 17.3 Å². The van der Waals surface area contributed by atoms with Gasteiger partial charge in [-0.3, -0.25) is 4.79 Å². The van der Waals surface area contributed by atoms with E-state index in [1.54, 1.807) is 0 Å². The van der Waals surface area contributed by atoms with Gasteiger partial charge in [-0.05, 0) is 42.8 Å². The second kappa shape index (κ2) is 11.0. The van der Waals surface area contributed by atoms with E-state index in [0.717, 1.165) is 44.7 Å². The van der Waals surface area contributed by atoms with Crippen molar-refractivity contribution in [3.63, 3.8) is 0 Å². The lowest BCUT2D eigenvalue weighted by Crippen LogP contribution is -2.20. The number of rotatable bonds is 7. The fourth-order valence-corrected chi connectivity index (χ4v) is 3.18. The quantitative estimate of drug-likeness (QED) is 0.267. The normalized spacial score (nSPS) is 11.5. The zero-order valence-electron chi connectivity index (χ0n) is 20.1. The molecule has 208 valence electrons. The highest BCUT2D eigenvalue weighted by Crippen LogP contribution is 2.41. The van der Waals surface area contributed by atoms with Crippen LogP contribution in [0.3, 0.4) is 0 Å². The highest BCUT2D eigenvalue weighted by atomic mass is 19.4. The van der Waals surface area contributed by atoms with Gasteiger partial charge in [0, 0.05) is 18.0 Å². The van der Waals surface area contributed by atoms with Crippen molar-refractivity contribution in [2.45, 2.75) is 19.5 Å². The molecule has 0 unspecified atom stereocenters. The first kappa shape index (κ1) is 29.0. The van der Waals surface area contributed by atoms with Crippen LogP contribution >= 0.6 is 0 Å². The average Bonchev–Trinajstić information content (AvgIpc) is 2.84. The van der Waals surface area contributed by atoms with E-state index in [0.29, 0.717) is 12.1 Å². The molecule has 39 heavy (non-hydrogen) atoms. The smallest absolute Gasteiger partial charge is 0.493 e. The number of pyridine rings is 1. The van der Waals surface area contributed by atoms with Gasteiger partial charge < -0.3 is 24.3 Å². The minimum absolute atomic E-state index is 0.107. The van der Waals surface area contributed by atoms with Gasteiger partial charge in [0.1, 0.15) is 22.8 Å². The molecule has 1 aromatic heterocycles. The van der Waals surface area contributed by atoms with Crippen LogP contribution in [0.1, 0.15) is 32.0 Å². The van der Waals surface area contributed by atoms with E-state index in [-0.39, 0.29) is 28.4 Å². The van der Waals surface area contributed by atoms with Crippen molar-refractivity contribution in [3.8, 4) is 23.0 Å². The SMILES string of the molecule is COC(=O)c1cc(NC(=O)c2c(Oc3ccc(OC(F)(F)F)cc3OC)ccc(C(F)(F)F)c2F)c(C)cn1. The lowest BCUT2D eigenvalue weighted by molar-refractivity contribution is -0.274. The predicted octanol–water partition coefficient (Wildman–Crippen LogP) is 6.29. The number of aromatic nitrogens is 1. The molecular formula is C24H17F7N2O6. The van der Waals surface area contributed by atoms with Crippen molar-refractivity contribution in [3.05, 3.63) is 70.8 Å². The van der Waals surface area contributed by atoms with Crippen LogP contribution in [0.4, 0.5) is 36.4 Å². The van der Waals surface area contributed by atoms with Gasteiger partial charge in [-0.2, -0.15) is 13.2 Å². The highest BCUT2D eigenvalue weighted by Gasteiger charge is 2.38.